The van der Waals surface area contributed by atoms with Gasteiger partial charge in [-0.2, -0.15) is 0 Å². The summed E-state index contributed by atoms with van der Waals surface area (Å²) in [5.41, 5.74) is 1.54. The number of hydrogen-bond donors (Lipinski definition) is 3. The van der Waals surface area contributed by atoms with Crippen molar-refractivity contribution in [2.45, 2.75) is 64.3 Å². The van der Waals surface area contributed by atoms with Crippen LogP contribution in [0.2, 0.25) is 0 Å². The van der Waals surface area contributed by atoms with Crippen molar-refractivity contribution < 1.29 is 24.5 Å². The van der Waals surface area contributed by atoms with Crippen LogP contribution >= 0.6 is 0 Å². The highest BCUT2D eigenvalue weighted by Gasteiger charge is 2.23. The highest BCUT2D eigenvalue weighted by atomic mass is 16.5. The van der Waals surface area contributed by atoms with Crippen LogP contribution in [-0.2, 0) is 27.2 Å². The molecule has 1 atom stereocenters. The van der Waals surface area contributed by atoms with Crippen molar-refractivity contribution in [1.29, 1.82) is 0 Å². The predicted molar refractivity (Wildman–Crippen MR) is 120 cm³/mol. The number of unbranched alkanes of at least 4 members (excludes halogenated alkanes) is 5. The first kappa shape index (κ1) is 24.3. The van der Waals surface area contributed by atoms with Crippen molar-refractivity contribution in [3.05, 3.63) is 59.7 Å². The maximum atomic E-state index is 12.7. The van der Waals surface area contributed by atoms with E-state index in [1.165, 1.54) is 31.4 Å². The molecule has 0 radical (unpaired) electrons. The van der Waals surface area contributed by atoms with Gasteiger partial charge >= 0.3 is 5.97 Å². The first-order valence-electron chi connectivity index (χ1n) is 11.0. The summed E-state index contributed by atoms with van der Waals surface area (Å²) in [6, 6.07) is 12.1. The number of carbonyl (C=O) groups excluding carboxylic acids is 2. The second kappa shape index (κ2) is 13.3. The Balaban J connectivity index is 1.91. The lowest BCUT2D eigenvalue weighted by Crippen LogP contribution is -2.44. The Morgan fingerprint density at radius 2 is 1.39 bits per heavy atom. The number of amides is 1. The van der Waals surface area contributed by atoms with Gasteiger partial charge in [-0.25, -0.2) is 4.79 Å². The topological polar surface area (TPSA) is 95.9 Å². The highest BCUT2D eigenvalue weighted by molar-refractivity contribution is 5.85. The largest absolute Gasteiger partial charge is 0.508 e. The summed E-state index contributed by atoms with van der Waals surface area (Å²) in [7, 11) is 0. The van der Waals surface area contributed by atoms with Crippen molar-refractivity contribution in [3.8, 4) is 11.5 Å². The first-order valence-corrected chi connectivity index (χ1v) is 11.0. The van der Waals surface area contributed by atoms with Gasteiger partial charge in [0.2, 0.25) is 5.91 Å². The molecule has 6 nitrogen and oxygen atoms in total. The Kier molecular flexibility index (Phi) is 10.4. The van der Waals surface area contributed by atoms with E-state index in [1.807, 2.05) is 0 Å². The quantitative estimate of drug-likeness (QED) is 0.328. The van der Waals surface area contributed by atoms with Crippen LogP contribution in [-0.4, -0.2) is 34.7 Å². The summed E-state index contributed by atoms with van der Waals surface area (Å²) in [5.74, 6) is -0.485. The van der Waals surface area contributed by atoms with Crippen molar-refractivity contribution in [1.82, 2.24) is 5.32 Å². The maximum absolute atomic E-state index is 12.7. The normalized spacial score (nSPS) is 11.6. The minimum atomic E-state index is -0.811. The van der Waals surface area contributed by atoms with Crippen LogP contribution in [0.4, 0.5) is 0 Å². The molecule has 0 saturated heterocycles. The lowest BCUT2D eigenvalue weighted by atomic mass is 10.0. The number of benzene rings is 2. The Morgan fingerprint density at radius 3 is 2.00 bits per heavy atom. The fraction of sp³-hybridized carbons (Fsp3) is 0.440. The van der Waals surface area contributed by atoms with Crippen molar-refractivity contribution in [2.24, 2.45) is 0 Å². The smallest absolute Gasteiger partial charge is 0.328 e. The second-order valence-corrected chi connectivity index (χ2v) is 7.77. The third-order valence-electron chi connectivity index (χ3n) is 5.04. The summed E-state index contributed by atoms with van der Waals surface area (Å²) in [6.45, 7) is 2.51. The van der Waals surface area contributed by atoms with E-state index in [1.54, 1.807) is 36.4 Å². The van der Waals surface area contributed by atoms with Crippen LogP contribution < -0.4 is 5.32 Å². The molecule has 1 amide bonds. The van der Waals surface area contributed by atoms with Gasteiger partial charge in [0, 0.05) is 6.42 Å². The highest BCUT2D eigenvalue weighted by Crippen LogP contribution is 2.13. The average Bonchev–Trinajstić information content (AvgIpc) is 2.75. The molecule has 1 unspecified atom stereocenters. The molecule has 0 aromatic heterocycles. The number of esters is 1. The number of carbonyl (C=O) groups is 2. The fourth-order valence-electron chi connectivity index (χ4n) is 3.26. The van der Waals surface area contributed by atoms with Crippen LogP contribution in [0.25, 0.3) is 0 Å². The summed E-state index contributed by atoms with van der Waals surface area (Å²) in [5, 5.41) is 21.6. The number of hydrogen-bond acceptors (Lipinski definition) is 5. The SMILES string of the molecule is CCCCCCCCOC(=O)C(Cc1ccc(O)cc1)NC(=O)Cc1ccc(O)cc1. The molecule has 0 saturated carbocycles. The van der Waals surface area contributed by atoms with Crippen molar-refractivity contribution >= 4 is 11.9 Å². The molecule has 2 rings (SSSR count). The minimum Gasteiger partial charge on any atom is -0.508 e. The van der Waals surface area contributed by atoms with E-state index in [4.69, 9.17) is 4.74 Å². The van der Waals surface area contributed by atoms with Gasteiger partial charge in [0.05, 0.1) is 13.0 Å². The van der Waals surface area contributed by atoms with Crippen LogP contribution in [0.3, 0.4) is 0 Å². The summed E-state index contributed by atoms with van der Waals surface area (Å²) in [6.07, 6.45) is 6.94. The molecule has 0 bridgehead atoms. The predicted octanol–water partition coefficient (Wildman–Crippen LogP) is 4.27. The molecule has 0 aliphatic carbocycles. The van der Waals surface area contributed by atoms with Crippen molar-refractivity contribution in [2.75, 3.05) is 6.61 Å². The van der Waals surface area contributed by atoms with Crippen LogP contribution in [0, 0.1) is 0 Å². The molecule has 2 aromatic rings. The summed E-state index contributed by atoms with van der Waals surface area (Å²) < 4.78 is 5.44. The second-order valence-electron chi connectivity index (χ2n) is 7.77. The van der Waals surface area contributed by atoms with Gasteiger partial charge in [0.1, 0.15) is 17.5 Å². The van der Waals surface area contributed by atoms with E-state index in [2.05, 4.69) is 12.2 Å². The standard InChI is InChI=1S/C25H33NO5/c1-2-3-4-5-6-7-16-31-25(30)23(17-19-8-12-21(27)13-9-19)26-24(29)18-20-10-14-22(28)15-11-20/h8-15,23,27-28H,2-7,16-18H2,1H3,(H,26,29). The number of phenolic OH excluding ortho intramolecular Hbond substituents is 2. The fourth-order valence-corrected chi connectivity index (χ4v) is 3.26. The van der Waals surface area contributed by atoms with E-state index in [-0.39, 0.29) is 30.2 Å². The summed E-state index contributed by atoms with van der Waals surface area (Å²) in [4.78, 5) is 25.2. The minimum absolute atomic E-state index is 0.0943. The van der Waals surface area contributed by atoms with Gasteiger partial charge in [0.25, 0.3) is 0 Å². The lowest BCUT2D eigenvalue weighted by molar-refractivity contribution is -0.148. The molecule has 0 spiro atoms. The van der Waals surface area contributed by atoms with Gasteiger partial charge in [-0.3, -0.25) is 4.79 Å². The number of nitrogens with one attached hydrogen (secondary N) is 1. The summed E-state index contributed by atoms with van der Waals surface area (Å²) >= 11 is 0. The van der Waals surface area contributed by atoms with Gasteiger partial charge in [-0.15, -0.1) is 0 Å². The van der Waals surface area contributed by atoms with Crippen LogP contribution in [0.15, 0.2) is 48.5 Å². The zero-order valence-electron chi connectivity index (χ0n) is 18.2. The molecule has 0 aliphatic rings. The van der Waals surface area contributed by atoms with E-state index in [9.17, 15) is 19.8 Å². The van der Waals surface area contributed by atoms with E-state index >= 15 is 0 Å². The Labute approximate surface area is 184 Å². The van der Waals surface area contributed by atoms with Gasteiger partial charge in [-0.05, 0) is 41.8 Å². The lowest BCUT2D eigenvalue weighted by Gasteiger charge is -2.18. The monoisotopic (exact) mass is 427 g/mol. The van der Waals surface area contributed by atoms with E-state index < -0.39 is 12.0 Å². The number of ether oxygens (including phenoxy) is 1. The third-order valence-corrected chi connectivity index (χ3v) is 5.04. The van der Waals surface area contributed by atoms with Crippen LogP contribution in [0.5, 0.6) is 11.5 Å². The Bertz CT molecular complexity index is 802. The number of aromatic hydroxyl groups is 2. The zero-order valence-corrected chi connectivity index (χ0v) is 18.2. The molecule has 2 aromatic carbocycles. The number of phenols is 2. The first-order chi connectivity index (χ1) is 15.0. The van der Waals surface area contributed by atoms with E-state index in [0.29, 0.717) is 6.61 Å². The molecular formula is C25H33NO5. The zero-order chi connectivity index (χ0) is 22.5. The van der Waals surface area contributed by atoms with Gasteiger partial charge in [0.15, 0.2) is 0 Å². The molecule has 31 heavy (non-hydrogen) atoms. The molecule has 0 fully saturated rings. The van der Waals surface area contributed by atoms with Crippen LogP contribution in [0.1, 0.15) is 56.6 Å². The Hall–Kier alpha value is -3.02. The molecule has 3 N–H and O–H groups in total. The molecule has 168 valence electrons. The molecular weight excluding hydrogens is 394 g/mol. The van der Waals surface area contributed by atoms with Crippen molar-refractivity contribution in [3.63, 3.8) is 0 Å². The van der Waals surface area contributed by atoms with E-state index in [0.717, 1.165) is 30.4 Å². The van der Waals surface area contributed by atoms with Gasteiger partial charge < -0.3 is 20.3 Å². The molecule has 0 heterocycles. The molecule has 6 heteroatoms. The Morgan fingerprint density at radius 1 is 0.839 bits per heavy atom. The number of rotatable bonds is 13. The third kappa shape index (κ3) is 9.55. The average molecular weight is 428 g/mol. The van der Waals surface area contributed by atoms with Gasteiger partial charge in [-0.1, -0.05) is 63.3 Å². The molecule has 0 aliphatic heterocycles. The maximum Gasteiger partial charge on any atom is 0.328 e.